The van der Waals surface area contributed by atoms with Crippen LogP contribution < -0.4 is 9.64 Å². The summed E-state index contributed by atoms with van der Waals surface area (Å²) in [6.07, 6.45) is 1.92. The highest BCUT2D eigenvalue weighted by atomic mass is 35.5. The van der Waals surface area contributed by atoms with E-state index in [1.54, 1.807) is 11.0 Å². The van der Waals surface area contributed by atoms with Crippen LogP contribution in [0.1, 0.15) is 22.3 Å². The molecule has 1 fully saturated rings. The number of thioether (sulfide) groups is 1. The summed E-state index contributed by atoms with van der Waals surface area (Å²) in [6, 6.07) is 28.8. The lowest BCUT2D eigenvalue weighted by Gasteiger charge is -2.15. The highest BCUT2D eigenvalue weighted by Crippen LogP contribution is 2.38. The van der Waals surface area contributed by atoms with Gasteiger partial charge in [-0.3, -0.25) is 9.69 Å². The van der Waals surface area contributed by atoms with Crippen molar-refractivity contribution in [3.8, 4) is 5.75 Å². The van der Waals surface area contributed by atoms with Crippen LogP contribution in [0.4, 0.5) is 11.4 Å². The molecule has 0 unspecified atom stereocenters. The van der Waals surface area contributed by atoms with Crippen molar-refractivity contribution < 1.29 is 9.53 Å². The Hall–Kier alpha value is -3.51. The van der Waals surface area contributed by atoms with E-state index in [0.29, 0.717) is 26.7 Å². The van der Waals surface area contributed by atoms with Gasteiger partial charge in [0.25, 0.3) is 5.91 Å². The number of ether oxygens (including phenoxy) is 1. The van der Waals surface area contributed by atoms with Crippen LogP contribution in [-0.4, -0.2) is 11.1 Å². The molecule has 1 aliphatic rings. The van der Waals surface area contributed by atoms with Gasteiger partial charge in [-0.05, 0) is 102 Å². The molecule has 38 heavy (non-hydrogen) atoms. The first-order chi connectivity index (χ1) is 18.4. The summed E-state index contributed by atoms with van der Waals surface area (Å²) < 4.78 is 6.13. The number of amidine groups is 1. The van der Waals surface area contributed by atoms with Crippen LogP contribution in [0.5, 0.6) is 5.75 Å². The van der Waals surface area contributed by atoms with E-state index in [1.165, 1.54) is 11.8 Å². The molecule has 4 aromatic carbocycles. The lowest BCUT2D eigenvalue weighted by molar-refractivity contribution is -0.113. The van der Waals surface area contributed by atoms with Gasteiger partial charge in [0.15, 0.2) is 5.17 Å². The minimum atomic E-state index is -0.105. The summed E-state index contributed by atoms with van der Waals surface area (Å²) >= 11 is 13.5. The van der Waals surface area contributed by atoms with Crippen molar-refractivity contribution in [1.82, 2.24) is 0 Å². The Morgan fingerprint density at radius 3 is 2.18 bits per heavy atom. The standard InChI is InChI=1S/C31H24Cl2N2O2S/c1-20-15-23(16-21(2)29(20)37-19-22-13-14-26(32)27(33)17-22)18-28-30(36)35(25-11-7-4-8-12-25)31(38-28)34-24-9-5-3-6-10-24/h3-18H,19H2,1-2H3/b28-18-,34-31?. The first-order valence-corrected chi connectivity index (χ1v) is 13.6. The molecule has 4 aromatic rings. The number of anilines is 1. The number of amides is 1. The Morgan fingerprint density at radius 2 is 1.53 bits per heavy atom. The van der Waals surface area contributed by atoms with Gasteiger partial charge in [0.2, 0.25) is 0 Å². The molecule has 0 aromatic heterocycles. The fourth-order valence-corrected chi connectivity index (χ4v) is 5.52. The van der Waals surface area contributed by atoms with Crippen molar-refractivity contribution in [2.75, 3.05) is 4.90 Å². The monoisotopic (exact) mass is 558 g/mol. The van der Waals surface area contributed by atoms with E-state index in [9.17, 15) is 4.79 Å². The minimum absolute atomic E-state index is 0.105. The summed E-state index contributed by atoms with van der Waals surface area (Å²) in [6.45, 7) is 4.38. The maximum absolute atomic E-state index is 13.6. The largest absolute Gasteiger partial charge is 0.488 e. The molecule has 1 heterocycles. The summed E-state index contributed by atoms with van der Waals surface area (Å²) in [4.78, 5) is 20.6. The van der Waals surface area contributed by atoms with Gasteiger partial charge in [-0.25, -0.2) is 4.99 Å². The number of rotatable bonds is 6. The number of nitrogens with zero attached hydrogens (tertiary/aromatic N) is 2. The average molecular weight is 560 g/mol. The maximum Gasteiger partial charge on any atom is 0.271 e. The molecule has 0 N–H and O–H groups in total. The SMILES string of the molecule is Cc1cc(/C=C2\SC(=Nc3ccccc3)N(c3ccccc3)C2=O)cc(C)c1OCc1ccc(Cl)c(Cl)c1. The molecule has 0 atom stereocenters. The van der Waals surface area contributed by atoms with E-state index in [-0.39, 0.29) is 5.91 Å². The van der Waals surface area contributed by atoms with E-state index in [1.807, 2.05) is 105 Å². The number of aliphatic imine (C=N–C) groups is 1. The average Bonchev–Trinajstić information content (AvgIpc) is 3.20. The Bertz CT molecular complexity index is 1530. The van der Waals surface area contributed by atoms with E-state index in [2.05, 4.69) is 0 Å². The fraction of sp³-hybridized carbons (Fsp3) is 0.0968. The predicted octanol–water partition coefficient (Wildman–Crippen LogP) is 9.00. The third-order valence-electron chi connectivity index (χ3n) is 5.95. The van der Waals surface area contributed by atoms with Crippen LogP contribution in [0.3, 0.4) is 0 Å². The second kappa shape index (κ2) is 11.5. The van der Waals surface area contributed by atoms with Crippen molar-refractivity contribution in [2.24, 2.45) is 4.99 Å². The van der Waals surface area contributed by atoms with Crippen LogP contribution >= 0.6 is 35.0 Å². The molecule has 1 aliphatic heterocycles. The third kappa shape index (κ3) is 5.81. The summed E-state index contributed by atoms with van der Waals surface area (Å²) in [5.41, 5.74) is 5.38. The molecule has 1 amide bonds. The number of hydrogen-bond donors (Lipinski definition) is 0. The molecule has 7 heteroatoms. The first kappa shape index (κ1) is 26.1. The summed E-state index contributed by atoms with van der Waals surface area (Å²) in [5, 5.41) is 1.64. The quantitative estimate of drug-likeness (QED) is 0.222. The Labute approximate surface area is 236 Å². The second-order valence-corrected chi connectivity index (χ2v) is 10.7. The van der Waals surface area contributed by atoms with Crippen LogP contribution in [0, 0.1) is 13.8 Å². The molecule has 0 spiro atoms. The molecule has 0 radical (unpaired) electrons. The topological polar surface area (TPSA) is 41.9 Å². The lowest BCUT2D eigenvalue weighted by atomic mass is 10.0. The van der Waals surface area contributed by atoms with Gasteiger partial charge in [-0.2, -0.15) is 0 Å². The number of aryl methyl sites for hydroxylation is 2. The summed E-state index contributed by atoms with van der Waals surface area (Å²) in [7, 11) is 0. The van der Waals surface area contributed by atoms with Gasteiger partial charge < -0.3 is 4.74 Å². The van der Waals surface area contributed by atoms with Gasteiger partial charge in [0.1, 0.15) is 12.4 Å². The molecule has 0 bridgehead atoms. The Kier molecular flexibility index (Phi) is 7.89. The number of carbonyl (C=O) groups is 1. The molecule has 190 valence electrons. The van der Waals surface area contributed by atoms with Crippen molar-refractivity contribution >= 4 is 63.5 Å². The van der Waals surface area contributed by atoms with Crippen LogP contribution in [0.2, 0.25) is 10.0 Å². The molecule has 0 saturated carbocycles. The smallest absolute Gasteiger partial charge is 0.271 e. The van der Waals surface area contributed by atoms with Crippen LogP contribution in [0.25, 0.3) is 6.08 Å². The van der Waals surface area contributed by atoms with Crippen molar-refractivity contribution in [1.29, 1.82) is 0 Å². The second-order valence-electron chi connectivity index (χ2n) is 8.84. The van der Waals surface area contributed by atoms with Gasteiger partial charge in [-0.15, -0.1) is 0 Å². The lowest BCUT2D eigenvalue weighted by Crippen LogP contribution is -2.28. The number of carbonyl (C=O) groups excluding carboxylic acids is 1. The molecule has 4 nitrogen and oxygen atoms in total. The van der Waals surface area contributed by atoms with Crippen molar-refractivity contribution in [3.05, 3.63) is 128 Å². The van der Waals surface area contributed by atoms with Crippen LogP contribution in [-0.2, 0) is 11.4 Å². The van der Waals surface area contributed by atoms with E-state index in [0.717, 1.165) is 39.4 Å². The highest BCUT2D eigenvalue weighted by molar-refractivity contribution is 8.19. The molecular formula is C31H24Cl2N2O2S. The van der Waals surface area contributed by atoms with Gasteiger partial charge >= 0.3 is 0 Å². The number of hydrogen-bond acceptors (Lipinski definition) is 4. The number of para-hydroxylation sites is 2. The number of halogens is 2. The van der Waals surface area contributed by atoms with E-state index in [4.69, 9.17) is 32.9 Å². The zero-order valence-corrected chi connectivity index (χ0v) is 23.1. The fourth-order valence-electron chi connectivity index (χ4n) is 4.20. The first-order valence-electron chi connectivity index (χ1n) is 12.0. The number of benzene rings is 4. The highest BCUT2D eigenvalue weighted by Gasteiger charge is 2.34. The summed E-state index contributed by atoms with van der Waals surface area (Å²) in [5.74, 6) is 0.701. The van der Waals surface area contributed by atoms with Gasteiger partial charge in [0, 0.05) is 0 Å². The van der Waals surface area contributed by atoms with Crippen molar-refractivity contribution in [2.45, 2.75) is 20.5 Å². The predicted molar refractivity (Wildman–Crippen MR) is 160 cm³/mol. The molecular weight excluding hydrogens is 535 g/mol. The van der Waals surface area contributed by atoms with E-state index >= 15 is 0 Å². The maximum atomic E-state index is 13.6. The van der Waals surface area contributed by atoms with Crippen molar-refractivity contribution in [3.63, 3.8) is 0 Å². The van der Waals surface area contributed by atoms with Gasteiger partial charge in [-0.1, -0.05) is 65.7 Å². The minimum Gasteiger partial charge on any atom is -0.488 e. The van der Waals surface area contributed by atoms with Crippen LogP contribution in [0.15, 0.2) is 101 Å². The zero-order valence-electron chi connectivity index (χ0n) is 20.8. The van der Waals surface area contributed by atoms with E-state index < -0.39 is 0 Å². The zero-order chi connectivity index (χ0) is 26.6. The third-order valence-corrected chi connectivity index (χ3v) is 7.66. The normalized spacial score (nSPS) is 15.5. The molecule has 1 saturated heterocycles. The molecule has 5 rings (SSSR count). The van der Waals surface area contributed by atoms with Gasteiger partial charge in [0.05, 0.1) is 26.3 Å². The molecule has 0 aliphatic carbocycles. The Morgan fingerprint density at radius 1 is 0.868 bits per heavy atom. The Balaban J connectivity index is 1.43.